The van der Waals surface area contributed by atoms with E-state index in [0.29, 0.717) is 33.4 Å². The van der Waals surface area contributed by atoms with Crippen molar-refractivity contribution in [3.8, 4) is 11.1 Å². The Morgan fingerprint density at radius 3 is 2.23 bits per heavy atom. The van der Waals surface area contributed by atoms with Crippen molar-refractivity contribution in [2.75, 3.05) is 30.4 Å². The fourth-order valence-corrected chi connectivity index (χ4v) is 5.23. The van der Waals surface area contributed by atoms with Crippen LogP contribution in [0.2, 0.25) is 0 Å². The van der Waals surface area contributed by atoms with Crippen LogP contribution in [0.25, 0.3) is 11.1 Å². The lowest BCUT2D eigenvalue weighted by Crippen LogP contribution is -2.31. The Balaban J connectivity index is 1.90. The van der Waals surface area contributed by atoms with Crippen LogP contribution in [0.15, 0.2) is 59.5 Å². The van der Waals surface area contributed by atoms with E-state index in [1.54, 1.807) is 18.4 Å². The van der Waals surface area contributed by atoms with Gasteiger partial charge in [-0.2, -0.15) is 0 Å². The van der Waals surface area contributed by atoms with Crippen molar-refractivity contribution in [2.24, 2.45) is 11.1 Å². The quantitative estimate of drug-likeness (QED) is 0.451. The number of carbonyl (C=O) groups excluding carboxylic acids is 1. The zero-order chi connectivity index (χ0) is 21.9. The molecule has 0 aliphatic rings. The number of nitrogen functional groups attached to an aromatic ring is 1. The molecule has 1 aromatic heterocycles. The van der Waals surface area contributed by atoms with E-state index in [9.17, 15) is 9.00 Å². The standard InChI is InChI=1S/C23H27N3O2S2/c1-23(2,13-24)14-26-22-21(30(3)28)18(25)20(29-22)19(27)17-11-9-16(10-12-17)15-7-5-4-6-8-15/h4-12,26H,13-14,24-25H2,1-3H3. The molecule has 0 radical (unpaired) electrons. The summed E-state index contributed by atoms with van der Waals surface area (Å²) in [5.41, 5.74) is 14.9. The molecule has 0 amide bonds. The van der Waals surface area contributed by atoms with Crippen molar-refractivity contribution in [2.45, 2.75) is 18.7 Å². The van der Waals surface area contributed by atoms with Gasteiger partial charge in [0.15, 0.2) is 0 Å². The number of nitrogens with one attached hydrogen (secondary N) is 1. The largest absolute Gasteiger partial charge is 0.396 e. The topological polar surface area (TPSA) is 98.2 Å². The molecule has 1 atom stereocenters. The van der Waals surface area contributed by atoms with E-state index in [4.69, 9.17) is 11.5 Å². The Bertz CT molecular complexity index is 1060. The molecule has 2 aromatic carbocycles. The fraction of sp³-hybridized carbons (Fsp3) is 0.261. The van der Waals surface area contributed by atoms with E-state index in [-0.39, 0.29) is 16.9 Å². The second-order valence-corrected chi connectivity index (χ2v) is 10.3. The summed E-state index contributed by atoms with van der Waals surface area (Å²) in [6.07, 6.45) is 1.57. The number of benzene rings is 2. The summed E-state index contributed by atoms with van der Waals surface area (Å²) in [4.78, 5) is 14.0. The highest BCUT2D eigenvalue weighted by Crippen LogP contribution is 2.39. The number of anilines is 2. The second kappa shape index (κ2) is 9.12. The van der Waals surface area contributed by atoms with Gasteiger partial charge in [0.25, 0.3) is 0 Å². The first-order valence-electron chi connectivity index (χ1n) is 9.63. The summed E-state index contributed by atoms with van der Waals surface area (Å²) >= 11 is 1.25. The predicted molar refractivity (Wildman–Crippen MR) is 128 cm³/mol. The van der Waals surface area contributed by atoms with E-state index < -0.39 is 10.8 Å². The zero-order valence-electron chi connectivity index (χ0n) is 17.4. The Morgan fingerprint density at radius 1 is 1.07 bits per heavy atom. The molecular formula is C23H27N3O2S2. The third-order valence-corrected chi connectivity index (χ3v) is 7.22. The first-order valence-corrected chi connectivity index (χ1v) is 12.0. The van der Waals surface area contributed by atoms with E-state index in [2.05, 4.69) is 5.32 Å². The summed E-state index contributed by atoms with van der Waals surface area (Å²) in [7, 11) is -1.32. The fourth-order valence-electron chi connectivity index (χ4n) is 2.97. The van der Waals surface area contributed by atoms with Gasteiger partial charge >= 0.3 is 0 Å². The lowest BCUT2D eigenvalue weighted by atomic mass is 9.94. The molecule has 158 valence electrons. The van der Waals surface area contributed by atoms with Crippen LogP contribution in [-0.4, -0.2) is 29.3 Å². The summed E-state index contributed by atoms with van der Waals surface area (Å²) in [6, 6.07) is 17.4. The minimum atomic E-state index is -1.32. The summed E-state index contributed by atoms with van der Waals surface area (Å²) < 4.78 is 12.3. The summed E-state index contributed by atoms with van der Waals surface area (Å²) in [5, 5.41) is 3.96. The zero-order valence-corrected chi connectivity index (χ0v) is 19.0. The highest BCUT2D eigenvalue weighted by Gasteiger charge is 2.25. The molecular weight excluding hydrogens is 414 g/mol. The van der Waals surface area contributed by atoms with Gasteiger partial charge < -0.3 is 16.8 Å². The van der Waals surface area contributed by atoms with Gasteiger partial charge in [-0.25, -0.2) is 0 Å². The maximum atomic E-state index is 13.1. The minimum Gasteiger partial charge on any atom is -0.396 e. The molecule has 0 saturated heterocycles. The molecule has 0 aliphatic carbocycles. The van der Waals surface area contributed by atoms with Gasteiger partial charge in [0, 0.05) is 18.4 Å². The number of rotatable bonds is 8. The first kappa shape index (κ1) is 22.2. The smallest absolute Gasteiger partial charge is 0.205 e. The number of nitrogens with two attached hydrogens (primary N) is 2. The molecule has 0 fully saturated rings. The van der Waals surface area contributed by atoms with Gasteiger partial charge in [-0.3, -0.25) is 9.00 Å². The van der Waals surface area contributed by atoms with Gasteiger partial charge in [0.1, 0.15) is 9.88 Å². The molecule has 3 aromatic rings. The molecule has 0 aliphatic heterocycles. The maximum absolute atomic E-state index is 13.1. The molecule has 7 heteroatoms. The van der Waals surface area contributed by atoms with Gasteiger partial charge in [-0.1, -0.05) is 68.4 Å². The Hall–Kier alpha value is -2.48. The lowest BCUT2D eigenvalue weighted by Gasteiger charge is -2.23. The maximum Gasteiger partial charge on any atom is 0.205 e. The average Bonchev–Trinajstić information content (AvgIpc) is 3.09. The van der Waals surface area contributed by atoms with Crippen LogP contribution in [-0.2, 0) is 10.8 Å². The number of carbonyl (C=O) groups is 1. The Kier molecular flexibility index (Phi) is 6.75. The predicted octanol–water partition coefficient (Wildman–Crippen LogP) is 4.36. The van der Waals surface area contributed by atoms with Crippen molar-refractivity contribution in [1.29, 1.82) is 0 Å². The molecule has 3 rings (SSSR count). The van der Waals surface area contributed by atoms with Gasteiger partial charge in [0.2, 0.25) is 5.78 Å². The number of thiophene rings is 1. The van der Waals surface area contributed by atoms with Crippen LogP contribution >= 0.6 is 11.3 Å². The van der Waals surface area contributed by atoms with Crippen LogP contribution in [0, 0.1) is 5.41 Å². The van der Waals surface area contributed by atoms with Crippen LogP contribution < -0.4 is 16.8 Å². The van der Waals surface area contributed by atoms with Gasteiger partial charge in [-0.15, -0.1) is 11.3 Å². The van der Waals surface area contributed by atoms with Crippen LogP contribution in [0.1, 0.15) is 29.1 Å². The molecule has 0 saturated carbocycles. The highest BCUT2D eigenvalue weighted by molar-refractivity contribution is 7.84. The Labute approximate surface area is 184 Å². The minimum absolute atomic E-state index is 0.136. The normalized spacial score (nSPS) is 12.5. The van der Waals surface area contributed by atoms with E-state index in [1.807, 2.05) is 56.3 Å². The van der Waals surface area contributed by atoms with Crippen molar-refractivity contribution in [3.63, 3.8) is 0 Å². The molecule has 30 heavy (non-hydrogen) atoms. The summed E-state index contributed by atoms with van der Waals surface area (Å²) in [6.45, 7) is 5.18. The molecule has 0 spiro atoms. The van der Waals surface area contributed by atoms with Crippen molar-refractivity contribution in [3.05, 3.63) is 65.0 Å². The van der Waals surface area contributed by atoms with Crippen molar-refractivity contribution < 1.29 is 9.00 Å². The van der Waals surface area contributed by atoms with Crippen LogP contribution in [0.3, 0.4) is 0 Å². The lowest BCUT2D eigenvalue weighted by molar-refractivity contribution is 0.104. The molecule has 5 N–H and O–H groups in total. The molecule has 0 bridgehead atoms. The van der Waals surface area contributed by atoms with Crippen LogP contribution in [0.4, 0.5) is 10.7 Å². The third kappa shape index (κ3) is 4.80. The van der Waals surface area contributed by atoms with Crippen LogP contribution in [0.5, 0.6) is 0 Å². The van der Waals surface area contributed by atoms with Gasteiger partial charge in [0.05, 0.1) is 21.4 Å². The van der Waals surface area contributed by atoms with E-state index in [0.717, 1.165) is 11.1 Å². The average molecular weight is 442 g/mol. The highest BCUT2D eigenvalue weighted by atomic mass is 32.2. The van der Waals surface area contributed by atoms with E-state index >= 15 is 0 Å². The Morgan fingerprint density at radius 2 is 1.67 bits per heavy atom. The van der Waals surface area contributed by atoms with Crippen molar-refractivity contribution >= 4 is 38.6 Å². The molecule has 1 unspecified atom stereocenters. The molecule has 1 heterocycles. The second-order valence-electron chi connectivity index (χ2n) is 7.95. The first-order chi connectivity index (χ1) is 14.2. The van der Waals surface area contributed by atoms with Gasteiger partial charge in [-0.05, 0) is 23.1 Å². The summed E-state index contributed by atoms with van der Waals surface area (Å²) in [5.74, 6) is -0.171. The molecule has 5 nitrogen and oxygen atoms in total. The SMILES string of the molecule is CS(=O)c1c(NCC(C)(C)CN)sc(C(=O)c2ccc(-c3ccccc3)cc2)c1N. The number of hydrogen-bond acceptors (Lipinski definition) is 6. The number of hydrogen-bond donors (Lipinski definition) is 3. The van der Waals surface area contributed by atoms with Crippen molar-refractivity contribution in [1.82, 2.24) is 0 Å². The van der Waals surface area contributed by atoms with E-state index in [1.165, 1.54) is 11.3 Å². The third-order valence-electron chi connectivity index (χ3n) is 4.93. The monoisotopic (exact) mass is 441 g/mol. The number of ketones is 1.